The van der Waals surface area contributed by atoms with Gasteiger partial charge in [0.05, 0.1) is 6.54 Å². The van der Waals surface area contributed by atoms with Crippen molar-refractivity contribution in [1.82, 2.24) is 10.6 Å². The van der Waals surface area contributed by atoms with E-state index in [2.05, 4.69) is 10.6 Å². The van der Waals surface area contributed by atoms with Crippen molar-refractivity contribution < 1.29 is 19.8 Å². The first-order chi connectivity index (χ1) is 7.09. The number of hydrogen-bond donors (Lipinski definition) is 4. The fourth-order valence-corrected chi connectivity index (χ4v) is 1.27. The highest BCUT2D eigenvalue weighted by Gasteiger charge is 2.18. The quantitative estimate of drug-likeness (QED) is 0.499. The van der Waals surface area contributed by atoms with Crippen LogP contribution in [-0.2, 0) is 4.79 Å². The fraction of sp³-hybridized carbons (Fsp3) is 0.778. The minimum absolute atomic E-state index is 0.272. The average molecular weight is 216 g/mol. The molecule has 6 nitrogen and oxygen atoms in total. The molecule has 86 valence electrons. The number of aliphatic carboxylic acids is 1. The molecule has 1 rings (SSSR count). The van der Waals surface area contributed by atoms with Crippen molar-refractivity contribution in [2.24, 2.45) is 5.92 Å². The third kappa shape index (κ3) is 4.16. The highest BCUT2D eigenvalue weighted by atomic mass is 16.4. The van der Waals surface area contributed by atoms with E-state index in [-0.39, 0.29) is 6.54 Å². The maximum atomic E-state index is 11.1. The summed E-state index contributed by atoms with van der Waals surface area (Å²) in [5, 5.41) is 22.1. The fourth-order valence-electron chi connectivity index (χ4n) is 1.27. The molecular formula is C9H16N2O4. The van der Waals surface area contributed by atoms with Gasteiger partial charge in [-0.25, -0.2) is 9.59 Å². The maximum absolute atomic E-state index is 11.1. The van der Waals surface area contributed by atoms with Gasteiger partial charge in [-0.05, 0) is 18.8 Å². The largest absolute Gasteiger partial charge is 0.479 e. The number of nitrogens with one attached hydrogen (secondary N) is 2. The second-order valence-electron chi connectivity index (χ2n) is 3.74. The Labute approximate surface area is 87.7 Å². The Balaban J connectivity index is 2.04. The lowest BCUT2D eigenvalue weighted by Gasteiger charge is -2.25. The molecule has 1 saturated carbocycles. The van der Waals surface area contributed by atoms with E-state index >= 15 is 0 Å². The van der Waals surface area contributed by atoms with Crippen LogP contribution < -0.4 is 10.6 Å². The molecule has 0 aromatic heterocycles. The van der Waals surface area contributed by atoms with Gasteiger partial charge in [0.1, 0.15) is 0 Å². The zero-order valence-electron chi connectivity index (χ0n) is 8.40. The van der Waals surface area contributed by atoms with E-state index in [1.807, 2.05) is 0 Å². The average Bonchev–Trinajstić information content (AvgIpc) is 2.11. The van der Waals surface area contributed by atoms with Gasteiger partial charge in [0.2, 0.25) is 0 Å². The van der Waals surface area contributed by atoms with Crippen LogP contribution in [0.5, 0.6) is 0 Å². The highest BCUT2D eigenvalue weighted by Crippen LogP contribution is 2.24. The molecule has 1 atom stereocenters. The third-order valence-electron chi connectivity index (χ3n) is 2.52. The normalized spacial score (nSPS) is 17.7. The molecule has 0 heterocycles. The summed E-state index contributed by atoms with van der Waals surface area (Å²) in [7, 11) is 0. The number of hydrogen-bond acceptors (Lipinski definition) is 3. The number of carboxylic acid groups (broad SMARTS) is 1. The van der Waals surface area contributed by atoms with Gasteiger partial charge in [-0.2, -0.15) is 0 Å². The molecule has 0 radical (unpaired) electrons. The number of rotatable bonds is 5. The first-order valence-electron chi connectivity index (χ1n) is 5.02. The monoisotopic (exact) mass is 216 g/mol. The lowest BCUT2D eigenvalue weighted by atomic mass is 9.85. The molecule has 0 aromatic rings. The van der Waals surface area contributed by atoms with Crippen LogP contribution in [-0.4, -0.2) is 41.4 Å². The zero-order valence-corrected chi connectivity index (χ0v) is 8.40. The zero-order chi connectivity index (χ0) is 11.3. The summed E-state index contributed by atoms with van der Waals surface area (Å²) in [4.78, 5) is 21.3. The van der Waals surface area contributed by atoms with Crippen molar-refractivity contribution in [2.75, 3.05) is 13.1 Å². The topological polar surface area (TPSA) is 98.7 Å². The second kappa shape index (κ2) is 5.55. The van der Waals surface area contributed by atoms with Crippen LogP contribution in [0.25, 0.3) is 0 Å². The number of aliphatic hydroxyl groups excluding tert-OH is 1. The van der Waals surface area contributed by atoms with Crippen molar-refractivity contribution in [1.29, 1.82) is 0 Å². The highest BCUT2D eigenvalue weighted by molar-refractivity contribution is 5.76. The molecule has 2 amide bonds. The smallest absolute Gasteiger partial charge is 0.334 e. The molecule has 0 bridgehead atoms. The Hall–Kier alpha value is -1.30. The van der Waals surface area contributed by atoms with Crippen LogP contribution >= 0.6 is 0 Å². The number of carboxylic acids is 1. The molecule has 1 aliphatic carbocycles. The maximum Gasteiger partial charge on any atom is 0.334 e. The first kappa shape index (κ1) is 11.8. The van der Waals surface area contributed by atoms with Gasteiger partial charge >= 0.3 is 12.0 Å². The van der Waals surface area contributed by atoms with Crippen molar-refractivity contribution in [3.8, 4) is 0 Å². The Kier molecular flexibility index (Phi) is 4.36. The molecule has 0 unspecified atom stereocenters. The molecule has 1 fully saturated rings. The van der Waals surface area contributed by atoms with E-state index < -0.39 is 18.1 Å². The van der Waals surface area contributed by atoms with E-state index in [1.54, 1.807) is 0 Å². The molecule has 15 heavy (non-hydrogen) atoms. The minimum atomic E-state index is -1.54. The van der Waals surface area contributed by atoms with Crippen LogP contribution in [0, 0.1) is 5.92 Å². The standard InChI is InChI=1S/C9H16N2O4/c12-7(8(13)14)5-11-9(15)10-4-6-2-1-3-6/h6-7,12H,1-5H2,(H,13,14)(H2,10,11,15)/t7-/m0/s1. The molecule has 0 spiro atoms. The van der Waals surface area contributed by atoms with E-state index in [4.69, 9.17) is 10.2 Å². The molecule has 0 saturated heterocycles. The lowest BCUT2D eigenvalue weighted by molar-refractivity contribution is -0.146. The molecule has 4 N–H and O–H groups in total. The molecule has 6 heteroatoms. The summed E-state index contributed by atoms with van der Waals surface area (Å²) in [5.41, 5.74) is 0. The van der Waals surface area contributed by atoms with E-state index in [9.17, 15) is 9.59 Å². The lowest BCUT2D eigenvalue weighted by Crippen LogP contribution is -2.44. The number of carbonyl (C=O) groups excluding carboxylic acids is 1. The summed E-state index contributed by atoms with van der Waals surface area (Å²) >= 11 is 0. The van der Waals surface area contributed by atoms with E-state index in [0.717, 1.165) is 12.8 Å². The van der Waals surface area contributed by atoms with Gasteiger partial charge in [0.15, 0.2) is 6.10 Å². The first-order valence-corrected chi connectivity index (χ1v) is 5.02. The minimum Gasteiger partial charge on any atom is -0.479 e. The third-order valence-corrected chi connectivity index (χ3v) is 2.52. The van der Waals surface area contributed by atoms with Gasteiger partial charge in [0, 0.05) is 6.54 Å². The summed E-state index contributed by atoms with van der Waals surface area (Å²) in [6.45, 7) is 0.348. The van der Waals surface area contributed by atoms with Gasteiger partial charge in [0.25, 0.3) is 0 Å². The van der Waals surface area contributed by atoms with Crippen LogP contribution in [0.2, 0.25) is 0 Å². The Bertz CT molecular complexity index is 240. The summed E-state index contributed by atoms with van der Waals surface area (Å²) in [6.07, 6.45) is 1.95. The predicted octanol–water partition coefficient (Wildman–Crippen LogP) is -0.469. The SMILES string of the molecule is O=C(NCC1CCC1)NC[C@H](O)C(=O)O. The Morgan fingerprint density at radius 2 is 2.00 bits per heavy atom. The summed E-state index contributed by atoms with van der Waals surface area (Å²) in [5.74, 6) is -0.783. The summed E-state index contributed by atoms with van der Waals surface area (Å²) < 4.78 is 0. The van der Waals surface area contributed by atoms with Crippen LogP contribution in [0.4, 0.5) is 4.79 Å². The van der Waals surface area contributed by atoms with Gasteiger partial charge in [-0.3, -0.25) is 0 Å². The van der Waals surface area contributed by atoms with Crippen molar-refractivity contribution in [3.05, 3.63) is 0 Å². The van der Waals surface area contributed by atoms with Crippen LogP contribution in [0.1, 0.15) is 19.3 Å². The van der Waals surface area contributed by atoms with Crippen LogP contribution in [0.15, 0.2) is 0 Å². The van der Waals surface area contributed by atoms with Gasteiger partial charge in [-0.1, -0.05) is 6.42 Å². The van der Waals surface area contributed by atoms with Crippen molar-refractivity contribution in [3.63, 3.8) is 0 Å². The van der Waals surface area contributed by atoms with Crippen LogP contribution in [0.3, 0.4) is 0 Å². The van der Waals surface area contributed by atoms with E-state index in [1.165, 1.54) is 6.42 Å². The number of carbonyl (C=O) groups is 2. The molecular weight excluding hydrogens is 200 g/mol. The number of aliphatic hydroxyl groups is 1. The number of urea groups is 1. The predicted molar refractivity (Wildman–Crippen MR) is 52.4 cm³/mol. The second-order valence-corrected chi connectivity index (χ2v) is 3.74. The van der Waals surface area contributed by atoms with Crippen molar-refractivity contribution in [2.45, 2.75) is 25.4 Å². The Morgan fingerprint density at radius 3 is 2.47 bits per heavy atom. The molecule has 1 aliphatic rings. The van der Waals surface area contributed by atoms with Crippen molar-refractivity contribution >= 4 is 12.0 Å². The van der Waals surface area contributed by atoms with Gasteiger partial charge in [-0.15, -0.1) is 0 Å². The Morgan fingerprint density at radius 1 is 1.33 bits per heavy atom. The summed E-state index contributed by atoms with van der Waals surface area (Å²) in [6, 6.07) is -0.429. The molecule has 0 aliphatic heterocycles. The van der Waals surface area contributed by atoms with E-state index in [0.29, 0.717) is 12.5 Å². The van der Waals surface area contributed by atoms with Gasteiger partial charge < -0.3 is 20.8 Å². The number of amides is 2. The molecule has 0 aromatic carbocycles.